The van der Waals surface area contributed by atoms with Crippen LogP contribution in [0.4, 0.5) is 0 Å². The SMILES string of the molecule is CCCCC(C[C](C)C)C(C)C. The second-order valence-electron chi connectivity index (χ2n) is 4.56. The van der Waals surface area contributed by atoms with E-state index in [0.717, 1.165) is 11.8 Å². The summed E-state index contributed by atoms with van der Waals surface area (Å²) in [5.74, 6) is 3.37. The van der Waals surface area contributed by atoms with Crippen LogP contribution in [0.2, 0.25) is 0 Å². The molecule has 0 nitrogen and oxygen atoms in total. The third-order valence-electron chi connectivity index (χ3n) is 2.54. The van der Waals surface area contributed by atoms with Crippen molar-refractivity contribution >= 4 is 0 Å². The van der Waals surface area contributed by atoms with E-state index < -0.39 is 0 Å². The molecule has 0 amide bonds. The predicted molar refractivity (Wildman–Crippen MR) is 57.1 cm³/mol. The second kappa shape index (κ2) is 6.51. The van der Waals surface area contributed by atoms with Crippen LogP contribution in [0, 0.1) is 17.8 Å². The first-order valence-electron chi connectivity index (χ1n) is 5.37. The Morgan fingerprint density at radius 3 is 2.08 bits per heavy atom. The Morgan fingerprint density at radius 1 is 1.17 bits per heavy atom. The Morgan fingerprint density at radius 2 is 1.75 bits per heavy atom. The number of rotatable bonds is 6. The topological polar surface area (TPSA) is 0 Å². The van der Waals surface area contributed by atoms with Crippen molar-refractivity contribution in [3.63, 3.8) is 0 Å². The fraction of sp³-hybridized carbons (Fsp3) is 0.917. The van der Waals surface area contributed by atoms with E-state index in [-0.39, 0.29) is 0 Å². The summed E-state index contributed by atoms with van der Waals surface area (Å²) in [6, 6.07) is 0. The number of hydrogen-bond donors (Lipinski definition) is 0. The summed E-state index contributed by atoms with van der Waals surface area (Å²) < 4.78 is 0. The standard InChI is InChI=1S/C12H25/c1-6-7-8-12(11(4)5)9-10(2)3/h11-12H,6-9H2,1-5H3. The van der Waals surface area contributed by atoms with Crippen molar-refractivity contribution in [1.29, 1.82) is 0 Å². The normalized spacial score (nSPS) is 14.2. The summed E-state index contributed by atoms with van der Waals surface area (Å²) in [6.45, 7) is 11.5. The maximum atomic E-state index is 2.35. The van der Waals surface area contributed by atoms with Crippen LogP contribution in [0.25, 0.3) is 0 Å². The Kier molecular flexibility index (Phi) is 6.51. The first kappa shape index (κ1) is 12.0. The quantitative estimate of drug-likeness (QED) is 0.551. The molecule has 73 valence electrons. The summed E-state index contributed by atoms with van der Waals surface area (Å²) in [6.07, 6.45) is 5.49. The van der Waals surface area contributed by atoms with Crippen molar-refractivity contribution in [2.75, 3.05) is 0 Å². The van der Waals surface area contributed by atoms with Gasteiger partial charge in [-0.2, -0.15) is 0 Å². The van der Waals surface area contributed by atoms with E-state index in [9.17, 15) is 0 Å². The Bertz CT molecular complexity index is 92.2. The summed E-state index contributed by atoms with van der Waals surface area (Å²) >= 11 is 0. The van der Waals surface area contributed by atoms with E-state index >= 15 is 0 Å². The fourth-order valence-electron chi connectivity index (χ4n) is 1.66. The van der Waals surface area contributed by atoms with Crippen LogP contribution in [0.5, 0.6) is 0 Å². The third kappa shape index (κ3) is 5.62. The molecule has 0 heteroatoms. The van der Waals surface area contributed by atoms with Gasteiger partial charge in [-0.15, -0.1) is 0 Å². The molecular formula is C12H25. The van der Waals surface area contributed by atoms with Crippen LogP contribution in [0.1, 0.15) is 60.3 Å². The van der Waals surface area contributed by atoms with Gasteiger partial charge in [-0.1, -0.05) is 53.9 Å². The average Bonchev–Trinajstić information content (AvgIpc) is 1.96. The lowest BCUT2D eigenvalue weighted by atomic mass is 9.84. The van der Waals surface area contributed by atoms with Gasteiger partial charge in [0.15, 0.2) is 0 Å². The molecule has 1 atom stereocenters. The fourth-order valence-corrected chi connectivity index (χ4v) is 1.66. The molecule has 0 aromatic rings. The van der Waals surface area contributed by atoms with Gasteiger partial charge in [0.05, 0.1) is 0 Å². The van der Waals surface area contributed by atoms with E-state index in [1.54, 1.807) is 5.92 Å². The highest BCUT2D eigenvalue weighted by molar-refractivity contribution is 4.81. The Hall–Kier alpha value is 0. The number of hydrogen-bond acceptors (Lipinski definition) is 0. The van der Waals surface area contributed by atoms with Gasteiger partial charge in [-0.05, 0) is 24.2 Å². The lowest BCUT2D eigenvalue weighted by molar-refractivity contribution is 0.335. The lowest BCUT2D eigenvalue weighted by Gasteiger charge is -2.22. The van der Waals surface area contributed by atoms with Crippen molar-refractivity contribution < 1.29 is 0 Å². The molecule has 0 saturated heterocycles. The molecule has 0 aromatic carbocycles. The van der Waals surface area contributed by atoms with E-state index in [1.807, 2.05) is 0 Å². The van der Waals surface area contributed by atoms with E-state index in [0.29, 0.717) is 0 Å². The lowest BCUT2D eigenvalue weighted by Crippen LogP contribution is -2.10. The minimum Gasteiger partial charge on any atom is -0.0654 e. The first-order chi connectivity index (χ1) is 5.57. The highest BCUT2D eigenvalue weighted by Gasteiger charge is 2.13. The van der Waals surface area contributed by atoms with Crippen LogP contribution in [0.3, 0.4) is 0 Å². The van der Waals surface area contributed by atoms with E-state index in [2.05, 4.69) is 34.6 Å². The second-order valence-corrected chi connectivity index (χ2v) is 4.56. The van der Waals surface area contributed by atoms with Gasteiger partial charge in [0.2, 0.25) is 0 Å². The van der Waals surface area contributed by atoms with Crippen LogP contribution in [-0.4, -0.2) is 0 Å². The van der Waals surface area contributed by atoms with Crippen molar-refractivity contribution in [1.82, 2.24) is 0 Å². The predicted octanol–water partition coefficient (Wildman–Crippen LogP) is 4.45. The smallest absolute Gasteiger partial charge is 0.0300 e. The molecule has 0 aliphatic carbocycles. The molecule has 12 heavy (non-hydrogen) atoms. The van der Waals surface area contributed by atoms with Gasteiger partial charge in [0, 0.05) is 0 Å². The van der Waals surface area contributed by atoms with Gasteiger partial charge in [0.25, 0.3) is 0 Å². The van der Waals surface area contributed by atoms with Gasteiger partial charge in [-0.3, -0.25) is 0 Å². The molecule has 0 aliphatic rings. The van der Waals surface area contributed by atoms with Crippen molar-refractivity contribution in [3.8, 4) is 0 Å². The molecule has 0 heterocycles. The molecule has 0 saturated carbocycles. The van der Waals surface area contributed by atoms with Crippen LogP contribution < -0.4 is 0 Å². The molecule has 0 fully saturated rings. The largest absolute Gasteiger partial charge is 0.0654 e. The summed E-state index contributed by atoms with van der Waals surface area (Å²) in [5, 5.41) is 0. The summed E-state index contributed by atoms with van der Waals surface area (Å²) in [7, 11) is 0. The number of unbranched alkanes of at least 4 members (excludes halogenated alkanes) is 1. The van der Waals surface area contributed by atoms with Crippen molar-refractivity contribution in [3.05, 3.63) is 5.92 Å². The summed E-state index contributed by atoms with van der Waals surface area (Å²) in [4.78, 5) is 0. The molecular weight excluding hydrogens is 144 g/mol. The van der Waals surface area contributed by atoms with Crippen molar-refractivity contribution in [2.45, 2.75) is 60.3 Å². The zero-order valence-electron chi connectivity index (χ0n) is 9.48. The molecule has 1 radical (unpaired) electrons. The minimum absolute atomic E-state index is 0.853. The first-order valence-corrected chi connectivity index (χ1v) is 5.37. The van der Waals surface area contributed by atoms with E-state index in [4.69, 9.17) is 0 Å². The molecule has 0 aliphatic heterocycles. The highest BCUT2D eigenvalue weighted by atomic mass is 14.2. The molecule has 0 bridgehead atoms. The summed E-state index contributed by atoms with van der Waals surface area (Å²) in [5.41, 5.74) is 0. The van der Waals surface area contributed by atoms with E-state index in [1.165, 1.54) is 25.7 Å². The minimum atomic E-state index is 0.853. The molecule has 0 aromatic heterocycles. The maximum Gasteiger partial charge on any atom is -0.0300 e. The third-order valence-corrected chi connectivity index (χ3v) is 2.54. The maximum absolute atomic E-state index is 2.35. The van der Waals surface area contributed by atoms with Gasteiger partial charge < -0.3 is 0 Å². The van der Waals surface area contributed by atoms with Crippen LogP contribution in [-0.2, 0) is 0 Å². The molecule has 1 unspecified atom stereocenters. The van der Waals surface area contributed by atoms with Gasteiger partial charge >= 0.3 is 0 Å². The zero-order valence-corrected chi connectivity index (χ0v) is 9.48. The Labute approximate surface area is 78.8 Å². The van der Waals surface area contributed by atoms with Crippen molar-refractivity contribution in [2.24, 2.45) is 11.8 Å². The average molecular weight is 169 g/mol. The molecule has 0 spiro atoms. The molecule has 0 N–H and O–H groups in total. The molecule has 0 rings (SSSR count). The van der Waals surface area contributed by atoms with Crippen LogP contribution >= 0.6 is 0 Å². The zero-order chi connectivity index (χ0) is 9.56. The monoisotopic (exact) mass is 169 g/mol. The Balaban J connectivity index is 3.70. The van der Waals surface area contributed by atoms with Crippen LogP contribution in [0.15, 0.2) is 0 Å². The van der Waals surface area contributed by atoms with Gasteiger partial charge in [-0.25, -0.2) is 0 Å². The highest BCUT2D eigenvalue weighted by Crippen LogP contribution is 2.25. The van der Waals surface area contributed by atoms with Gasteiger partial charge in [0.1, 0.15) is 0 Å².